The number of aromatic nitrogens is 1. The SMILES string of the molecule is CCCNCC(Cc1cncc(C)c1)c1ccccc1. The number of pyridine rings is 1. The van der Waals surface area contributed by atoms with Crippen molar-refractivity contribution < 1.29 is 0 Å². The van der Waals surface area contributed by atoms with E-state index in [-0.39, 0.29) is 0 Å². The van der Waals surface area contributed by atoms with E-state index in [0.717, 1.165) is 19.5 Å². The number of nitrogens with zero attached hydrogens (tertiary/aromatic N) is 1. The van der Waals surface area contributed by atoms with E-state index in [0.29, 0.717) is 5.92 Å². The van der Waals surface area contributed by atoms with E-state index in [1.807, 2.05) is 12.4 Å². The smallest absolute Gasteiger partial charge is 0.0300 e. The molecule has 0 fully saturated rings. The molecule has 0 amide bonds. The van der Waals surface area contributed by atoms with Gasteiger partial charge in [0.1, 0.15) is 0 Å². The molecule has 20 heavy (non-hydrogen) atoms. The summed E-state index contributed by atoms with van der Waals surface area (Å²) in [5, 5.41) is 3.55. The highest BCUT2D eigenvalue weighted by atomic mass is 14.8. The Morgan fingerprint density at radius 1 is 1.15 bits per heavy atom. The van der Waals surface area contributed by atoms with Gasteiger partial charge in [0.05, 0.1) is 0 Å². The van der Waals surface area contributed by atoms with Crippen molar-refractivity contribution in [1.82, 2.24) is 10.3 Å². The predicted molar refractivity (Wildman–Crippen MR) is 85.0 cm³/mol. The van der Waals surface area contributed by atoms with Gasteiger partial charge in [-0.25, -0.2) is 0 Å². The van der Waals surface area contributed by atoms with E-state index >= 15 is 0 Å². The fourth-order valence-corrected chi connectivity index (χ4v) is 2.50. The second-order valence-corrected chi connectivity index (χ2v) is 5.39. The Balaban J connectivity index is 2.10. The summed E-state index contributed by atoms with van der Waals surface area (Å²) >= 11 is 0. The summed E-state index contributed by atoms with van der Waals surface area (Å²) in [6.07, 6.45) is 6.11. The van der Waals surface area contributed by atoms with E-state index in [1.54, 1.807) is 0 Å². The van der Waals surface area contributed by atoms with Gasteiger partial charge < -0.3 is 5.32 Å². The molecule has 0 aliphatic heterocycles. The van der Waals surface area contributed by atoms with Gasteiger partial charge in [0, 0.05) is 24.9 Å². The van der Waals surface area contributed by atoms with E-state index in [2.05, 4.69) is 60.5 Å². The first kappa shape index (κ1) is 14.7. The van der Waals surface area contributed by atoms with Crippen LogP contribution in [-0.4, -0.2) is 18.1 Å². The van der Waals surface area contributed by atoms with Gasteiger partial charge in [-0.2, -0.15) is 0 Å². The number of hydrogen-bond donors (Lipinski definition) is 1. The summed E-state index contributed by atoms with van der Waals surface area (Å²) < 4.78 is 0. The molecule has 2 heteroatoms. The molecule has 0 aliphatic rings. The van der Waals surface area contributed by atoms with E-state index < -0.39 is 0 Å². The molecule has 0 saturated carbocycles. The highest BCUT2D eigenvalue weighted by molar-refractivity contribution is 5.25. The fourth-order valence-electron chi connectivity index (χ4n) is 2.50. The van der Waals surface area contributed by atoms with Crippen LogP contribution >= 0.6 is 0 Å². The molecule has 1 aromatic carbocycles. The molecule has 0 radical (unpaired) electrons. The Labute approximate surface area is 122 Å². The summed E-state index contributed by atoms with van der Waals surface area (Å²) in [6, 6.07) is 13.0. The Kier molecular flexibility index (Phi) is 5.75. The molecule has 106 valence electrons. The number of aryl methyl sites for hydroxylation is 1. The van der Waals surface area contributed by atoms with Crippen LogP contribution in [-0.2, 0) is 6.42 Å². The third-order valence-corrected chi connectivity index (χ3v) is 3.50. The van der Waals surface area contributed by atoms with Crippen molar-refractivity contribution in [3.63, 3.8) is 0 Å². The summed E-state index contributed by atoms with van der Waals surface area (Å²) in [4.78, 5) is 4.31. The van der Waals surface area contributed by atoms with Gasteiger partial charge in [0.25, 0.3) is 0 Å². The molecule has 1 aromatic heterocycles. The second-order valence-electron chi connectivity index (χ2n) is 5.39. The highest BCUT2D eigenvalue weighted by Crippen LogP contribution is 2.20. The summed E-state index contributed by atoms with van der Waals surface area (Å²) in [5.41, 5.74) is 3.95. The van der Waals surface area contributed by atoms with Gasteiger partial charge in [-0.1, -0.05) is 43.3 Å². The Bertz CT molecular complexity index is 508. The lowest BCUT2D eigenvalue weighted by Crippen LogP contribution is -2.23. The second kappa shape index (κ2) is 7.81. The predicted octanol–water partition coefficient (Wildman–Crippen LogP) is 3.72. The lowest BCUT2D eigenvalue weighted by Gasteiger charge is -2.18. The molecule has 0 aliphatic carbocycles. The first-order chi connectivity index (χ1) is 9.79. The average Bonchev–Trinajstić information content (AvgIpc) is 2.47. The van der Waals surface area contributed by atoms with Crippen LogP contribution < -0.4 is 5.32 Å². The van der Waals surface area contributed by atoms with Crippen LogP contribution in [0.15, 0.2) is 48.8 Å². The molecule has 1 unspecified atom stereocenters. The lowest BCUT2D eigenvalue weighted by atomic mass is 9.92. The maximum atomic E-state index is 4.31. The highest BCUT2D eigenvalue weighted by Gasteiger charge is 2.12. The Hall–Kier alpha value is -1.67. The van der Waals surface area contributed by atoms with Crippen LogP contribution in [0.25, 0.3) is 0 Å². The molecule has 2 aromatic rings. The summed E-state index contributed by atoms with van der Waals surface area (Å²) in [7, 11) is 0. The van der Waals surface area contributed by atoms with Crippen LogP contribution in [0.4, 0.5) is 0 Å². The topological polar surface area (TPSA) is 24.9 Å². The van der Waals surface area contributed by atoms with Gasteiger partial charge in [-0.05, 0) is 43.0 Å². The van der Waals surface area contributed by atoms with E-state index in [4.69, 9.17) is 0 Å². The molecule has 1 heterocycles. The molecule has 0 spiro atoms. The van der Waals surface area contributed by atoms with Crippen molar-refractivity contribution in [2.24, 2.45) is 0 Å². The number of nitrogens with one attached hydrogen (secondary N) is 1. The molecule has 0 bridgehead atoms. The zero-order chi connectivity index (χ0) is 14.2. The van der Waals surface area contributed by atoms with Gasteiger partial charge in [0.15, 0.2) is 0 Å². The van der Waals surface area contributed by atoms with Gasteiger partial charge in [-0.15, -0.1) is 0 Å². The third kappa shape index (κ3) is 4.46. The number of hydrogen-bond acceptors (Lipinski definition) is 2. The largest absolute Gasteiger partial charge is 0.316 e. The van der Waals surface area contributed by atoms with Crippen LogP contribution in [0.2, 0.25) is 0 Å². The first-order valence-electron chi connectivity index (χ1n) is 7.45. The van der Waals surface area contributed by atoms with Crippen LogP contribution in [0.3, 0.4) is 0 Å². The lowest BCUT2D eigenvalue weighted by molar-refractivity contribution is 0.576. The van der Waals surface area contributed by atoms with Crippen molar-refractivity contribution in [2.45, 2.75) is 32.6 Å². The minimum atomic E-state index is 0.506. The molecular formula is C18H24N2. The van der Waals surface area contributed by atoms with Crippen LogP contribution in [0.5, 0.6) is 0 Å². The van der Waals surface area contributed by atoms with Crippen molar-refractivity contribution in [3.05, 3.63) is 65.5 Å². The standard InChI is InChI=1S/C18H24N2/c1-3-9-19-14-18(17-7-5-4-6-8-17)11-16-10-15(2)12-20-13-16/h4-8,10,12-13,18-19H,3,9,11,14H2,1-2H3. The minimum absolute atomic E-state index is 0.506. The molecule has 2 rings (SSSR count). The molecule has 1 atom stereocenters. The van der Waals surface area contributed by atoms with Crippen LogP contribution in [0, 0.1) is 6.92 Å². The van der Waals surface area contributed by atoms with Crippen molar-refractivity contribution >= 4 is 0 Å². The van der Waals surface area contributed by atoms with Gasteiger partial charge >= 0.3 is 0 Å². The summed E-state index contributed by atoms with van der Waals surface area (Å²) in [6.45, 7) is 6.40. The quantitative estimate of drug-likeness (QED) is 0.774. The first-order valence-corrected chi connectivity index (χ1v) is 7.45. The van der Waals surface area contributed by atoms with Crippen molar-refractivity contribution in [3.8, 4) is 0 Å². The van der Waals surface area contributed by atoms with Crippen molar-refractivity contribution in [1.29, 1.82) is 0 Å². The average molecular weight is 268 g/mol. The number of rotatable bonds is 7. The zero-order valence-corrected chi connectivity index (χ0v) is 12.5. The molecule has 0 saturated heterocycles. The van der Waals surface area contributed by atoms with E-state index in [1.165, 1.54) is 23.1 Å². The third-order valence-electron chi connectivity index (χ3n) is 3.50. The molecular weight excluding hydrogens is 244 g/mol. The fraction of sp³-hybridized carbons (Fsp3) is 0.389. The maximum Gasteiger partial charge on any atom is 0.0300 e. The molecule has 2 nitrogen and oxygen atoms in total. The van der Waals surface area contributed by atoms with Gasteiger partial charge in [-0.3, -0.25) is 4.98 Å². The van der Waals surface area contributed by atoms with Gasteiger partial charge in [0.2, 0.25) is 0 Å². The summed E-state index contributed by atoms with van der Waals surface area (Å²) in [5.74, 6) is 0.506. The minimum Gasteiger partial charge on any atom is -0.316 e. The zero-order valence-electron chi connectivity index (χ0n) is 12.5. The normalized spacial score (nSPS) is 12.3. The van der Waals surface area contributed by atoms with E-state index in [9.17, 15) is 0 Å². The monoisotopic (exact) mass is 268 g/mol. The maximum absolute atomic E-state index is 4.31. The Morgan fingerprint density at radius 3 is 2.65 bits per heavy atom. The van der Waals surface area contributed by atoms with Crippen LogP contribution in [0.1, 0.15) is 36.0 Å². The number of benzene rings is 1. The van der Waals surface area contributed by atoms with Crippen molar-refractivity contribution in [2.75, 3.05) is 13.1 Å². The molecule has 1 N–H and O–H groups in total. The Morgan fingerprint density at radius 2 is 1.95 bits per heavy atom.